The predicted octanol–water partition coefficient (Wildman–Crippen LogP) is 2.84. The molecule has 0 spiro atoms. The fourth-order valence-corrected chi connectivity index (χ4v) is 3.74. The Hall–Kier alpha value is -1.53. The average Bonchev–Trinajstić information content (AvgIpc) is 2.62. The van der Waals surface area contributed by atoms with Gasteiger partial charge in [-0.25, -0.2) is 0 Å². The summed E-state index contributed by atoms with van der Waals surface area (Å²) in [6.45, 7) is 3.95. The number of hydrogen-bond donors (Lipinski definition) is 0. The van der Waals surface area contributed by atoms with Crippen molar-refractivity contribution < 1.29 is 19.1 Å². The lowest BCUT2D eigenvalue weighted by atomic mass is 9.97. The first-order chi connectivity index (χ1) is 11.7. The third-order valence-electron chi connectivity index (χ3n) is 3.99. The smallest absolute Gasteiger partial charge is 0.310 e. The molecule has 0 aliphatic carbocycles. The zero-order valence-corrected chi connectivity index (χ0v) is 15.1. The van der Waals surface area contributed by atoms with E-state index >= 15 is 0 Å². The molecular weight excluding hydrogens is 326 g/mol. The van der Waals surface area contributed by atoms with Crippen LogP contribution in [0.15, 0.2) is 29.2 Å². The molecule has 0 bridgehead atoms. The van der Waals surface area contributed by atoms with Gasteiger partial charge < -0.3 is 14.4 Å². The highest BCUT2D eigenvalue weighted by Crippen LogP contribution is 2.26. The van der Waals surface area contributed by atoms with Gasteiger partial charge in [0.15, 0.2) is 0 Å². The van der Waals surface area contributed by atoms with Crippen LogP contribution in [0.5, 0.6) is 0 Å². The molecule has 24 heavy (non-hydrogen) atoms. The van der Waals surface area contributed by atoms with E-state index in [1.807, 2.05) is 24.3 Å². The summed E-state index contributed by atoms with van der Waals surface area (Å²) in [4.78, 5) is 27.6. The van der Waals surface area contributed by atoms with Crippen molar-refractivity contribution in [2.24, 2.45) is 5.92 Å². The van der Waals surface area contributed by atoms with E-state index < -0.39 is 0 Å². The number of thioether (sulfide) groups is 1. The van der Waals surface area contributed by atoms with Gasteiger partial charge in [0.25, 0.3) is 5.91 Å². The minimum atomic E-state index is -0.212. The van der Waals surface area contributed by atoms with Crippen molar-refractivity contribution >= 4 is 23.6 Å². The summed E-state index contributed by atoms with van der Waals surface area (Å²) in [5, 5.41) is 0. The monoisotopic (exact) mass is 351 g/mol. The molecule has 1 saturated heterocycles. The van der Waals surface area contributed by atoms with Gasteiger partial charge in [0.2, 0.25) is 0 Å². The van der Waals surface area contributed by atoms with E-state index in [0.29, 0.717) is 31.9 Å². The number of rotatable bonds is 7. The lowest BCUT2D eigenvalue weighted by Crippen LogP contribution is -2.43. The molecule has 5 nitrogen and oxygen atoms in total. The standard InChI is InChI=1S/C18H25NO4S/c1-3-23-18(21)14-7-6-10-19(13-14)17(20)15-8-4-5-9-16(15)24-12-11-22-2/h4-5,8-9,14H,3,6-7,10-13H2,1-2H3/t14-/m0/s1. The molecule has 1 aliphatic heterocycles. The van der Waals surface area contributed by atoms with Crippen molar-refractivity contribution in [2.75, 3.05) is 39.2 Å². The van der Waals surface area contributed by atoms with Gasteiger partial charge in [-0.05, 0) is 31.9 Å². The summed E-state index contributed by atoms with van der Waals surface area (Å²) in [5.41, 5.74) is 0.697. The highest BCUT2D eigenvalue weighted by molar-refractivity contribution is 7.99. The molecule has 1 heterocycles. The number of methoxy groups -OCH3 is 1. The van der Waals surface area contributed by atoms with Gasteiger partial charge in [-0.15, -0.1) is 11.8 Å². The maximum atomic E-state index is 12.9. The molecule has 6 heteroatoms. The van der Waals surface area contributed by atoms with Gasteiger partial charge in [-0.2, -0.15) is 0 Å². The number of amides is 1. The Morgan fingerprint density at radius 1 is 1.33 bits per heavy atom. The Morgan fingerprint density at radius 2 is 2.12 bits per heavy atom. The first-order valence-electron chi connectivity index (χ1n) is 8.34. The normalized spacial score (nSPS) is 17.6. The van der Waals surface area contributed by atoms with E-state index in [9.17, 15) is 9.59 Å². The van der Waals surface area contributed by atoms with E-state index in [1.54, 1.807) is 30.7 Å². The summed E-state index contributed by atoms with van der Waals surface area (Å²) in [6, 6.07) is 7.62. The highest BCUT2D eigenvalue weighted by Gasteiger charge is 2.30. The molecule has 0 unspecified atom stereocenters. The van der Waals surface area contributed by atoms with Crippen LogP contribution >= 0.6 is 11.8 Å². The molecular formula is C18H25NO4S. The van der Waals surface area contributed by atoms with E-state index in [4.69, 9.17) is 9.47 Å². The third-order valence-corrected chi connectivity index (χ3v) is 5.03. The van der Waals surface area contributed by atoms with Gasteiger partial charge in [0.05, 0.1) is 24.7 Å². The number of piperidine rings is 1. The molecule has 1 atom stereocenters. The lowest BCUT2D eigenvalue weighted by molar-refractivity contribution is -0.149. The van der Waals surface area contributed by atoms with Crippen LogP contribution in [-0.4, -0.2) is 55.9 Å². The van der Waals surface area contributed by atoms with Crippen molar-refractivity contribution in [1.29, 1.82) is 0 Å². The first kappa shape index (κ1) is 18.8. The van der Waals surface area contributed by atoms with Gasteiger partial charge in [0, 0.05) is 30.8 Å². The van der Waals surface area contributed by atoms with Crippen LogP contribution in [-0.2, 0) is 14.3 Å². The minimum Gasteiger partial charge on any atom is -0.466 e. The SMILES string of the molecule is CCOC(=O)[C@H]1CCCN(C(=O)c2ccccc2SCCOC)C1. The second-order valence-corrected chi connectivity index (χ2v) is 6.82. The molecule has 1 fully saturated rings. The van der Waals surface area contributed by atoms with E-state index in [1.165, 1.54) is 0 Å². The third kappa shape index (κ3) is 4.98. The van der Waals surface area contributed by atoms with Crippen molar-refractivity contribution in [3.8, 4) is 0 Å². The number of ether oxygens (including phenoxy) is 2. The van der Waals surface area contributed by atoms with E-state index in [-0.39, 0.29) is 17.8 Å². The van der Waals surface area contributed by atoms with Crippen molar-refractivity contribution in [1.82, 2.24) is 4.90 Å². The minimum absolute atomic E-state index is 0.00971. The largest absolute Gasteiger partial charge is 0.466 e. The maximum absolute atomic E-state index is 12.9. The number of carbonyl (C=O) groups excluding carboxylic acids is 2. The molecule has 1 aromatic carbocycles. The predicted molar refractivity (Wildman–Crippen MR) is 94.3 cm³/mol. The Morgan fingerprint density at radius 3 is 2.88 bits per heavy atom. The molecule has 1 amide bonds. The van der Waals surface area contributed by atoms with Crippen LogP contribution in [0.2, 0.25) is 0 Å². The summed E-state index contributed by atoms with van der Waals surface area (Å²) < 4.78 is 10.2. The fourth-order valence-electron chi connectivity index (χ4n) is 2.79. The Labute approximate surface area is 147 Å². The molecule has 2 rings (SSSR count). The Kier molecular flexibility index (Phi) is 7.59. The second kappa shape index (κ2) is 9.69. The quantitative estimate of drug-likeness (QED) is 0.429. The number of esters is 1. The fraction of sp³-hybridized carbons (Fsp3) is 0.556. The number of nitrogens with zero attached hydrogens (tertiary/aromatic N) is 1. The Balaban J connectivity index is 2.06. The number of hydrogen-bond acceptors (Lipinski definition) is 5. The maximum Gasteiger partial charge on any atom is 0.310 e. The molecule has 132 valence electrons. The summed E-state index contributed by atoms with van der Waals surface area (Å²) in [6.07, 6.45) is 1.61. The average molecular weight is 351 g/mol. The number of carbonyl (C=O) groups is 2. The van der Waals surface area contributed by atoms with Crippen LogP contribution < -0.4 is 0 Å². The lowest BCUT2D eigenvalue weighted by Gasteiger charge is -2.32. The summed E-state index contributed by atoms with van der Waals surface area (Å²) in [5.74, 6) is 0.380. The van der Waals surface area contributed by atoms with Crippen LogP contribution in [0.4, 0.5) is 0 Å². The van der Waals surface area contributed by atoms with Crippen molar-refractivity contribution in [2.45, 2.75) is 24.7 Å². The molecule has 0 N–H and O–H groups in total. The second-order valence-electron chi connectivity index (χ2n) is 5.68. The van der Waals surface area contributed by atoms with Gasteiger partial charge in [0.1, 0.15) is 0 Å². The molecule has 1 aromatic rings. The Bertz CT molecular complexity index is 564. The zero-order valence-electron chi connectivity index (χ0n) is 14.3. The summed E-state index contributed by atoms with van der Waals surface area (Å²) >= 11 is 1.62. The molecule has 1 aliphatic rings. The van der Waals surface area contributed by atoms with E-state index in [2.05, 4.69) is 0 Å². The van der Waals surface area contributed by atoms with Crippen molar-refractivity contribution in [3.63, 3.8) is 0 Å². The van der Waals surface area contributed by atoms with Crippen LogP contribution in [0.1, 0.15) is 30.1 Å². The zero-order chi connectivity index (χ0) is 17.4. The van der Waals surface area contributed by atoms with E-state index in [0.717, 1.165) is 23.5 Å². The van der Waals surface area contributed by atoms with Gasteiger partial charge >= 0.3 is 5.97 Å². The molecule has 0 saturated carbocycles. The van der Waals surface area contributed by atoms with Crippen LogP contribution in [0.25, 0.3) is 0 Å². The van der Waals surface area contributed by atoms with Crippen LogP contribution in [0, 0.1) is 5.92 Å². The molecule has 0 radical (unpaired) electrons. The van der Waals surface area contributed by atoms with Crippen LogP contribution in [0.3, 0.4) is 0 Å². The first-order valence-corrected chi connectivity index (χ1v) is 9.32. The number of benzene rings is 1. The number of likely N-dealkylation sites (tertiary alicyclic amines) is 1. The van der Waals surface area contributed by atoms with Gasteiger partial charge in [-0.3, -0.25) is 9.59 Å². The van der Waals surface area contributed by atoms with Crippen molar-refractivity contribution in [3.05, 3.63) is 29.8 Å². The summed E-state index contributed by atoms with van der Waals surface area (Å²) in [7, 11) is 1.67. The topological polar surface area (TPSA) is 55.8 Å². The van der Waals surface area contributed by atoms with Gasteiger partial charge in [-0.1, -0.05) is 12.1 Å². The highest BCUT2D eigenvalue weighted by atomic mass is 32.2. The molecule has 0 aromatic heterocycles.